The summed E-state index contributed by atoms with van der Waals surface area (Å²) < 4.78 is 42.5. The van der Waals surface area contributed by atoms with Gasteiger partial charge in [-0.2, -0.15) is 0 Å². The van der Waals surface area contributed by atoms with Crippen molar-refractivity contribution in [2.75, 3.05) is 74.8 Å². The van der Waals surface area contributed by atoms with Gasteiger partial charge in [0.1, 0.15) is 11.6 Å². The molecule has 4 aromatic rings. The summed E-state index contributed by atoms with van der Waals surface area (Å²) in [7, 11) is 3.66. The fourth-order valence-electron chi connectivity index (χ4n) is 7.17. The highest BCUT2D eigenvalue weighted by atomic mass is 19.1. The number of hydrogen-bond acceptors (Lipinski definition) is 13. The lowest BCUT2D eigenvalue weighted by molar-refractivity contribution is 0.180. The molecule has 0 fully saturated rings. The predicted octanol–water partition coefficient (Wildman–Crippen LogP) is 5.79. The third-order valence-corrected chi connectivity index (χ3v) is 9.74. The number of nitrogens with one attached hydrogen (secondary N) is 6. The van der Waals surface area contributed by atoms with Crippen LogP contribution < -0.4 is 41.4 Å². The van der Waals surface area contributed by atoms with Crippen LogP contribution in [0.15, 0.2) is 36.4 Å². The Kier molecular flexibility index (Phi) is 11.7. The van der Waals surface area contributed by atoms with Crippen LogP contribution >= 0.6 is 0 Å². The Morgan fingerprint density at radius 1 is 0.709 bits per heavy atom. The van der Waals surface area contributed by atoms with E-state index in [4.69, 9.17) is 9.47 Å². The molecule has 0 amide bonds. The van der Waals surface area contributed by atoms with Gasteiger partial charge in [0, 0.05) is 87.9 Å². The maximum absolute atomic E-state index is 15.5. The first kappa shape index (κ1) is 37.9. The molecule has 8 rings (SSSR count). The van der Waals surface area contributed by atoms with Gasteiger partial charge in [-0.25, -0.2) is 28.7 Å². The van der Waals surface area contributed by atoms with Gasteiger partial charge in [0.25, 0.3) is 0 Å². The molecule has 290 valence electrons. The molecule has 15 heteroatoms. The Labute approximate surface area is 319 Å². The molecule has 1 unspecified atom stereocenters. The van der Waals surface area contributed by atoms with Crippen molar-refractivity contribution in [1.82, 2.24) is 30.6 Å². The number of ether oxygens (including phenoxy) is 2. The molecule has 0 bridgehead atoms. The second kappa shape index (κ2) is 17.0. The standard InChI is InChI=1S/C20H24FN5O2.C20H24FN5O/c1-11-7-13(22-2)9-16(24-11)26-20-18(21)17(19-15(25-20)4-6-28-19)12-3-5-23-10-14(27)8-12;1-12-10-14(22-2)11-16(24-12)26-20-18(21)17(13-4-3-7-23-8-5-13)19-15(25-20)6-9-27-19/h3,7,9,14,23,27H,4-6,8,10H2,1-2H3,(H2,22,24,25,26);5,10-11,23H,3-4,6-9H2,1-2H3,(H2,22,24,25,26). The maximum atomic E-state index is 15.5. The molecule has 1 atom stereocenters. The number of hydrogen-bond donors (Lipinski definition) is 7. The van der Waals surface area contributed by atoms with E-state index in [0.29, 0.717) is 85.5 Å². The maximum Gasteiger partial charge on any atom is 0.177 e. The van der Waals surface area contributed by atoms with E-state index < -0.39 is 11.9 Å². The molecule has 0 spiro atoms. The summed E-state index contributed by atoms with van der Waals surface area (Å²) in [5.41, 5.74) is 7.59. The number of fused-ring (bicyclic) bond motifs is 2. The van der Waals surface area contributed by atoms with E-state index in [2.05, 4.69) is 57.9 Å². The van der Waals surface area contributed by atoms with Gasteiger partial charge in [0.15, 0.2) is 34.8 Å². The van der Waals surface area contributed by atoms with Gasteiger partial charge in [0.2, 0.25) is 0 Å². The Bertz CT molecular complexity index is 2130. The Morgan fingerprint density at radius 2 is 1.24 bits per heavy atom. The van der Waals surface area contributed by atoms with Gasteiger partial charge in [-0.3, -0.25) is 0 Å². The first-order valence-corrected chi connectivity index (χ1v) is 18.8. The number of aliphatic hydroxyl groups is 1. The summed E-state index contributed by atoms with van der Waals surface area (Å²) in [6.07, 6.45) is 6.83. The molecule has 0 aliphatic carbocycles. The van der Waals surface area contributed by atoms with E-state index in [1.165, 1.54) is 0 Å². The number of anilines is 6. The molecule has 7 N–H and O–H groups in total. The fourth-order valence-corrected chi connectivity index (χ4v) is 7.17. The number of halogens is 2. The van der Waals surface area contributed by atoms with Crippen molar-refractivity contribution in [3.8, 4) is 11.5 Å². The van der Waals surface area contributed by atoms with E-state index in [9.17, 15) is 5.11 Å². The second-order valence-electron chi connectivity index (χ2n) is 13.8. The van der Waals surface area contributed by atoms with E-state index in [0.717, 1.165) is 65.5 Å². The summed E-state index contributed by atoms with van der Waals surface area (Å²) in [5.74, 6) is 1.60. The number of aromatic nitrogens is 4. The van der Waals surface area contributed by atoms with Gasteiger partial charge in [-0.15, -0.1) is 0 Å². The van der Waals surface area contributed by atoms with Gasteiger partial charge in [-0.05, 0) is 56.5 Å². The SMILES string of the molecule is CNc1cc(C)nc(Nc2nc3c(c(C4=CCNCC(O)C4)c2F)OCC3)c1.CNc1cc(C)nc(Nc2nc3c(c(C4=CCNCCC4)c2F)OCC3)c1. The van der Waals surface area contributed by atoms with Crippen LogP contribution in [0.4, 0.5) is 43.4 Å². The van der Waals surface area contributed by atoms with Crippen molar-refractivity contribution in [3.63, 3.8) is 0 Å². The summed E-state index contributed by atoms with van der Waals surface area (Å²) >= 11 is 0. The molecule has 55 heavy (non-hydrogen) atoms. The van der Waals surface area contributed by atoms with Crippen LogP contribution in [-0.2, 0) is 12.8 Å². The number of nitrogens with zero attached hydrogens (tertiary/aromatic N) is 4. The van der Waals surface area contributed by atoms with Crippen LogP contribution in [0.25, 0.3) is 11.1 Å². The van der Waals surface area contributed by atoms with Crippen LogP contribution in [0.2, 0.25) is 0 Å². The number of allylic oxidation sites excluding steroid dienone is 1. The van der Waals surface area contributed by atoms with Gasteiger partial charge in [-0.1, -0.05) is 12.2 Å². The molecule has 13 nitrogen and oxygen atoms in total. The number of β-amino-alcohol motifs (C(OH)–C–C–N with tert-alkyl or cyclic N) is 1. The van der Waals surface area contributed by atoms with Crippen LogP contribution in [0.1, 0.15) is 53.2 Å². The first-order valence-electron chi connectivity index (χ1n) is 18.8. The zero-order valence-electron chi connectivity index (χ0n) is 31.6. The third-order valence-electron chi connectivity index (χ3n) is 9.74. The largest absolute Gasteiger partial charge is 0.491 e. The molecular weight excluding hydrogens is 707 g/mol. The predicted molar refractivity (Wildman–Crippen MR) is 212 cm³/mol. The molecule has 0 aromatic carbocycles. The van der Waals surface area contributed by atoms with Crippen LogP contribution in [-0.4, -0.2) is 84.6 Å². The molecule has 0 radical (unpaired) electrons. The normalized spacial score (nSPS) is 17.5. The third kappa shape index (κ3) is 8.64. The lowest BCUT2D eigenvalue weighted by Crippen LogP contribution is -2.24. The average Bonchev–Trinajstić information content (AvgIpc) is 3.67. The monoisotopic (exact) mass is 754 g/mol. The molecule has 0 saturated heterocycles. The lowest BCUT2D eigenvalue weighted by Gasteiger charge is -2.17. The Morgan fingerprint density at radius 3 is 1.80 bits per heavy atom. The molecule has 4 aromatic heterocycles. The van der Waals surface area contributed by atoms with Crippen molar-refractivity contribution in [3.05, 3.63) is 82.0 Å². The minimum atomic E-state index is -0.577. The highest BCUT2D eigenvalue weighted by molar-refractivity contribution is 5.78. The fraction of sp³-hybridized carbons (Fsp3) is 0.400. The smallest absolute Gasteiger partial charge is 0.177 e. The number of rotatable bonds is 8. The van der Waals surface area contributed by atoms with Crippen LogP contribution in [0.5, 0.6) is 11.5 Å². The minimum Gasteiger partial charge on any atom is -0.491 e. The van der Waals surface area contributed by atoms with Crippen LogP contribution in [0.3, 0.4) is 0 Å². The number of pyridine rings is 4. The van der Waals surface area contributed by atoms with Crippen molar-refractivity contribution in [2.24, 2.45) is 0 Å². The summed E-state index contributed by atoms with van der Waals surface area (Å²) in [5, 5.41) is 28.8. The summed E-state index contributed by atoms with van der Waals surface area (Å²) in [6.45, 7) is 7.50. The lowest BCUT2D eigenvalue weighted by atomic mass is 9.98. The zero-order valence-corrected chi connectivity index (χ0v) is 31.6. The Balaban J connectivity index is 0.000000169. The van der Waals surface area contributed by atoms with E-state index in [1.54, 1.807) is 6.07 Å². The minimum absolute atomic E-state index is 0.118. The molecule has 0 saturated carbocycles. The van der Waals surface area contributed by atoms with Gasteiger partial charge in [0.05, 0.1) is 41.8 Å². The Hall–Kier alpha value is -5.38. The summed E-state index contributed by atoms with van der Waals surface area (Å²) in [4.78, 5) is 17.8. The molecule has 4 aliphatic heterocycles. The highest BCUT2D eigenvalue weighted by Gasteiger charge is 2.30. The second-order valence-corrected chi connectivity index (χ2v) is 13.8. The number of aryl methyl sites for hydroxylation is 2. The van der Waals surface area contributed by atoms with E-state index in [1.807, 2.05) is 52.2 Å². The van der Waals surface area contributed by atoms with Crippen molar-refractivity contribution in [1.29, 1.82) is 0 Å². The zero-order chi connectivity index (χ0) is 38.5. The topological polar surface area (TPSA) is 162 Å². The molecule has 4 aliphatic rings. The van der Waals surface area contributed by atoms with Crippen LogP contribution in [0, 0.1) is 25.5 Å². The summed E-state index contributed by atoms with van der Waals surface area (Å²) in [6, 6.07) is 7.48. The molecular formula is C40H48F2N10O3. The van der Waals surface area contributed by atoms with E-state index >= 15 is 8.78 Å². The quantitative estimate of drug-likeness (QED) is 0.116. The van der Waals surface area contributed by atoms with Crippen molar-refractivity contribution < 1.29 is 23.4 Å². The number of aliphatic hydroxyl groups excluding tert-OH is 1. The van der Waals surface area contributed by atoms with Crippen molar-refractivity contribution >= 4 is 45.8 Å². The first-order chi connectivity index (χ1) is 26.7. The average molecular weight is 755 g/mol. The van der Waals surface area contributed by atoms with E-state index in [-0.39, 0.29) is 17.5 Å². The highest BCUT2D eigenvalue weighted by Crippen LogP contribution is 2.42. The van der Waals surface area contributed by atoms with Gasteiger partial charge < -0.3 is 46.5 Å². The molecule has 8 heterocycles. The van der Waals surface area contributed by atoms with Crippen molar-refractivity contribution in [2.45, 2.75) is 52.1 Å². The van der Waals surface area contributed by atoms with Gasteiger partial charge >= 0.3 is 0 Å².